The average molecular weight is 327 g/mol. The molecule has 0 radical (unpaired) electrons. The minimum absolute atomic E-state index is 0.612. The lowest BCUT2D eigenvalue weighted by atomic mass is 10.0. The molecule has 0 saturated carbocycles. The van der Waals surface area contributed by atoms with Crippen LogP contribution in [0, 0.1) is 5.92 Å². The van der Waals surface area contributed by atoms with Crippen molar-refractivity contribution in [1.29, 1.82) is 0 Å². The molecule has 1 unspecified atom stereocenters. The SMILES string of the molecule is CC(C)C1CN(CCOc2ccc(Br)cc2)CCN1. The molecule has 2 rings (SSSR count). The molecular weight excluding hydrogens is 304 g/mol. The molecule has 1 aliphatic rings. The second-order valence-electron chi connectivity index (χ2n) is 5.41. The first kappa shape index (κ1) is 14.8. The number of hydrogen-bond donors (Lipinski definition) is 1. The zero-order chi connectivity index (χ0) is 13.7. The number of ether oxygens (including phenoxy) is 1. The van der Waals surface area contributed by atoms with Crippen molar-refractivity contribution in [1.82, 2.24) is 10.2 Å². The van der Waals surface area contributed by atoms with Gasteiger partial charge in [-0.2, -0.15) is 0 Å². The van der Waals surface area contributed by atoms with Crippen LogP contribution in [0.15, 0.2) is 28.7 Å². The van der Waals surface area contributed by atoms with Gasteiger partial charge in [0.25, 0.3) is 0 Å². The molecule has 0 spiro atoms. The van der Waals surface area contributed by atoms with E-state index in [9.17, 15) is 0 Å². The topological polar surface area (TPSA) is 24.5 Å². The van der Waals surface area contributed by atoms with Crippen LogP contribution in [0.2, 0.25) is 0 Å². The molecule has 1 aromatic rings. The standard InChI is InChI=1S/C15H23BrN2O/c1-12(2)15-11-18(8-7-17-15)9-10-19-14-5-3-13(16)4-6-14/h3-6,12,15,17H,7-11H2,1-2H3. The Morgan fingerprint density at radius 3 is 2.79 bits per heavy atom. The van der Waals surface area contributed by atoms with Gasteiger partial charge in [-0.05, 0) is 30.2 Å². The predicted octanol–water partition coefficient (Wildman–Crippen LogP) is 2.76. The van der Waals surface area contributed by atoms with E-state index < -0.39 is 0 Å². The van der Waals surface area contributed by atoms with E-state index in [1.807, 2.05) is 24.3 Å². The molecule has 0 aromatic heterocycles. The zero-order valence-electron chi connectivity index (χ0n) is 11.7. The number of nitrogens with zero attached hydrogens (tertiary/aromatic N) is 1. The molecule has 106 valence electrons. The lowest BCUT2D eigenvalue weighted by molar-refractivity contribution is 0.149. The Bertz CT molecular complexity index is 380. The molecule has 0 aliphatic carbocycles. The molecule has 0 amide bonds. The lowest BCUT2D eigenvalue weighted by Crippen LogP contribution is -2.53. The summed E-state index contributed by atoms with van der Waals surface area (Å²) < 4.78 is 6.86. The van der Waals surface area contributed by atoms with Crippen LogP contribution in [0.1, 0.15) is 13.8 Å². The van der Waals surface area contributed by atoms with Crippen molar-refractivity contribution in [3.8, 4) is 5.75 Å². The van der Waals surface area contributed by atoms with Crippen molar-refractivity contribution in [2.24, 2.45) is 5.92 Å². The van der Waals surface area contributed by atoms with Gasteiger partial charge in [0, 0.05) is 36.7 Å². The van der Waals surface area contributed by atoms with Gasteiger partial charge in [0.1, 0.15) is 12.4 Å². The maximum Gasteiger partial charge on any atom is 0.119 e. The van der Waals surface area contributed by atoms with Gasteiger partial charge in [-0.1, -0.05) is 29.8 Å². The Labute approximate surface area is 124 Å². The molecule has 19 heavy (non-hydrogen) atoms. The van der Waals surface area contributed by atoms with E-state index in [-0.39, 0.29) is 0 Å². The summed E-state index contributed by atoms with van der Waals surface area (Å²) in [6.07, 6.45) is 0. The molecule has 1 atom stereocenters. The predicted molar refractivity (Wildman–Crippen MR) is 82.7 cm³/mol. The fourth-order valence-corrected chi connectivity index (χ4v) is 2.58. The highest BCUT2D eigenvalue weighted by Gasteiger charge is 2.21. The normalized spacial score (nSPS) is 20.7. The summed E-state index contributed by atoms with van der Waals surface area (Å²) in [6.45, 7) is 9.64. The van der Waals surface area contributed by atoms with Crippen LogP contribution < -0.4 is 10.1 Å². The van der Waals surface area contributed by atoms with E-state index in [2.05, 4.69) is 40.0 Å². The van der Waals surface area contributed by atoms with E-state index in [4.69, 9.17) is 4.74 Å². The fraction of sp³-hybridized carbons (Fsp3) is 0.600. The molecule has 3 nitrogen and oxygen atoms in total. The molecule has 1 saturated heterocycles. The van der Waals surface area contributed by atoms with Gasteiger partial charge < -0.3 is 10.1 Å². The minimum Gasteiger partial charge on any atom is -0.492 e. The molecule has 1 N–H and O–H groups in total. The minimum atomic E-state index is 0.612. The van der Waals surface area contributed by atoms with Crippen LogP contribution in [0.25, 0.3) is 0 Å². The van der Waals surface area contributed by atoms with Gasteiger partial charge in [0.2, 0.25) is 0 Å². The van der Waals surface area contributed by atoms with Crippen molar-refractivity contribution >= 4 is 15.9 Å². The summed E-state index contributed by atoms with van der Waals surface area (Å²) >= 11 is 3.43. The highest BCUT2D eigenvalue weighted by atomic mass is 79.9. The number of nitrogens with one attached hydrogen (secondary N) is 1. The first-order valence-electron chi connectivity index (χ1n) is 6.99. The number of hydrogen-bond acceptors (Lipinski definition) is 3. The van der Waals surface area contributed by atoms with Crippen molar-refractivity contribution in [3.05, 3.63) is 28.7 Å². The number of benzene rings is 1. The number of halogens is 1. The molecule has 1 heterocycles. The molecule has 0 bridgehead atoms. The molecule has 1 aromatic carbocycles. The largest absolute Gasteiger partial charge is 0.492 e. The summed E-state index contributed by atoms with van der Waals surface area (Å²) in [4.78, 5) is 2.49. The molecule has 1 fully saturated rings. The van der Waals surface area contributed by atoms with Crippen LogP contribution in [-0.2, 0) is 0 Å². The maximum absolute atomic E-state index is 5.78. The lowest BCUT2D eigenvalue weighted by Gasteiger charge is -2.35. The summed E-state index contributed by atoms with van der Waals surface area (Å²) in [5.74, 6) is 1.63. The van der Waals surface area contributed by atoms with E-state index in [0.29, 0.717) is 12.0 Å². The van der Waals surface area contributed by atoms with Gasteiger partial charge in [-0.25, -0.2) is 0 Å². The van der Waals surface area contributed by atoms with E-state index in [0.717, 1.165) is 43.0 Å². The third kappa shape index (κ3) is 4.79. The zero-order valence-corrected chi connectivity index (χ0v) is 13.3. The molecular formula is C15H23BrN2O. The van der Waals surface area contributed by atoms with Gasteiger partial charge in [-0.15, -0.1) is 0 Å². The van der Waals surface area contributed by atoms with Crippen LogP contribution in [0.3, 0.4) is 0 Å². The third-order valence-corrected chi connectivity index (χ3v) is 4.11. The van der Waals surface area contributed by atoms with E-state index >= 15 is 0 Å². The Hall–Kier alpha value is -0.580. The second-order valence-corrected chi connectivity index (χ2v) is 6.32. The summed E-state index contributed by atoms with van der Waals surface area (Å²) in [7, 11) is 0. The van der Waals surface area contributed by atoms with Crippen molar-refractivity contribution in [3.63, 3.8) is 0 Å². The van der Waals surface area contributed by atoms with Gasteiger partial charge in [0.15, 0.2) is 0 Å². The first-order valence-corrected chi connectivity index (χ1v) is 7.78. The first-order chi connectivity index (χ1) is 9.15. The average Bonchev–Trinajstić information content (AvgIpc) is 2.41. The Balaban J connectivity index is 1.72. The van der Waals surface area contributed by atoms with Gasteiger partial charge >= 0.3 is 0 Å². The Morgan fingerprint density at radius 2 is 2.11 bits per heavy atom. The summed E-state index contributed by atoms with van der Waals surface area (Å²) in [5, 5.41) is 3.58. The van der Waals surface area contributed by atoms with E-state index in [1.165, 1.54) is 0 Å². The van der Waals surface area contributed by atoms with Gasteiger partial charge in [0.05, 0.1) is 0 Å². The maximum atomic E-state index is 5.78. The van der Waals surface area contributed by atoms with E-state index in [1.54, 1.807) is 0 Å². The monoisotopic (exact) mass is 326 g/mol. The molecule has 4 heteroatoms. The van der Waals surface area contributed by atoms with Crippen LogP contribution >= 0.6 is 15.9 Å². The van der Waals surface area contributed by atoms with Crippen molar-refractivity contribution in [2.75, 3.05) is 32.8 Å². The smallest absolute Gasteiger partial charge is 0.119 e. The number of rotatable bonds is 5. The van der Waals surface area contributed by atoms with Gasteiger partial charge in [-0.3, -0.25) is 4.90 Å². The Kier molecular flexibility index (Phi) is 5.67. The van der Waals surface area contributed by atoms with Crippen LogP contribution in [0.5, 0.6) is 5.75 Å². The Morgan fingerprint density at radius 1 is 1.37 bits per heavy atom. The summed E-state index contributed by atoms with van der Waals surface area (Å²) in [5.41, 5.74) is 0. The quantitative estimate of drug-likeness (QED) is 0.900. The van der Waals surface area contributed by atoms with Crippen LogP contribution in [0.4, 0.5) is 0 Å². The molecule has 1 aliphatic heterocycles. The van der Waals surface area contributed by atoms with Crippen molar-refractivity contribution in [2.45, 2.75) is 19.9 Å². The summed E-state index contributed by atoms with van der Waals surface area (Å²) in [6, 6.07) is 8.63. The van der Waals surface area contributed by atoms with Crippen molar-refractivity contribution < 1.29 is 4.74 Å². The highest BCUT2D eigenvalue weighted by molar-refractivity contribution is 9.10. The highest BCUT2D eigenvalue weighted by Crippen LogP contribution is 2.16. The number of piperazine rings is 1. The van der Waals surface area contributed by atoms with Crippen LogP contribution in [-0.4, -0.2) is 43.7 Å². The second kappa shape index (κ2) is 7.27. The fourth-order valence-electron chi connectivity index (χ4n) is 2.32. The third-order valence-electron chi connectivity index (χ3n) is 3.58.